The molecule has 1 aromatic carbocycles. The summed E-state index contributed by atoms with van der Waals surface area (Å²) in [4.78, 5) is 19.6. The molecule has 1 rings (SSSR count). The number of aromatic carboxylic acids is 1. The number of hydrogen-bond donors (Lipinski definition) is 1. The second kappa shape index (κ2) is 9.45. The van der Waals surface area contributed by atoms with E-state index >= 15 is 0 Å². The van der Waals surface area contributed by atoms with E-state index in [1.54, 1.807) is 18.2 Å². The minimum absolute atomic E-state index is 0. The molecule has 0 saturated heterocycles. The smallest absolute Gasteiger partial charge is 0.545 e. The van der Waals surface area contributed by atoms with Crippen LogP contribution in [0.3, 0.4) is 0 Å². The van der Waals surface area contributed by atoms with E-state index in [0.717, 1.165) is 6.08 Å². The summed E-state index contributed by atoms with van der Waals surface area (Å²) < 4.78 is 0. The molecule has 0 aliphatic heterocycles. The van der Waals surface area contributed by atoms with Gasteiger partial charge in [0.25, 0.3) is 0 Å². The van der Waals surface area contributed by atoms with Crippen molar-refractivity contribution in [2.75, 3.05) is 0 Å². The number of carbonyl (C=O) groups excluding carboxylic acids is 2. The zero-order valence-corrected chi connectivity index (χ0v) is 10.5. The summed E-state index contributed by atoms with van der Waals surface area (Å²) in [6.45, 7) is 3.09. The van der Waals surface area contributed by atoms with Crippen LogP contribution in [0.15, 0.2) is 43.0 Å². The number of rotatable bonds is 2. The van der Waals surface area contributed by atoms with Gasteiger partial charge in [-0.15, -0.1) is 0 Å². The van der Waals surface area contributed by atoms with Gasteiger partial charge in [-0.05, 0) is 11.6 Å². The van der Waals surface area contributed by atoms with Crippen LogP contribution in [0.25, 0.3) is 0 Å². The number of benzene rings is 1. The molecule has 0 bridgehead atoms. The second-order valence-corrected chi connectivity index (χ2v) is 2.26. The van der Waals surface area contributed by atoms with E-state index in [4.69, 9.17) is 0 Å². The zero-order chi connectivity index (χ0) is 11.0. The zero-order valence-electron chi connectivity index (χ0n) is 8.47. The van der Waals surface area contributed by atoms with E-state index in [-0.39, 0.29) is 35.1 Å². The molecule has 1 amide bonds. The number of carbonyl (C=O) groups is 2. The minimum Gasteiger partial charge on any atom is -0.545 e. The van der Waals surface area contributed by atoms with Gasteiger partial charge in [-0.1, -0.05) is 36.9 Å². The minimum atomic E-state index is -1.13. The third kappa shape index (κ3) is 9.21. The quantitative estimate of drug-likeness (QED) is 0.414. The third-order valence-electron chi connectivity index (χ3n) is 1.21. The van der Waals surface area contributed by atoms with Crippen molar-refractivity contribution in [2.45, 2.75) is 0 Å². The van der Waals surface area contributed by atoms with Crippen molar-refractivity contribution >= 4 is 11.9 Å². The molecule has 1 aromatic rings. The largest absolute Gasteiger partial charge is 1.00 e. The Hall–Kier alpha value is -1.10. The topological polar surface area (TPSA) is 83.2 Å². The van der Waals surface area contributed by atoms with Crippen molar-refractivity contribution in [3.63, 3.8) is 0 Å². The first-order chi connectivity index (χ1) is 6.57. The first kappa shape index (κ1) is 16.3. The Balaban J connectivity index is 0. The summed E-state index contributed by atoms with van der Waals surface area (Å²) in [7, 11) is 0. The van der Waals surface area contributed by atoms with Crippen molar-refractivity contribution in [2.24, 2.45) is 5.73 Å². The molecule has 15 heavy (non-hydrogen) atoms. The van der Waals surface area contributed by atoms with Gasteiger partial charge in [0.05, 0.1) is 5.97 Å². The van der Waals surface area contributed by atoms with Crippen molar-refractivity contribution in [1.82, 2.24) is 0 Å². The standard InChI is InChI=1S/C7H6O2.C3H5NO.Na/c8-7(9)6-4-2-1-3-5-6;1-2-3(4)5;/h1-5H,(H,8,9);2H,1H2,(H2,4,5);/q;;+1/p-1. The maximum absolute atomic E-state index is 10.1. The molecule has 0 aliphatic carbocycles. The molecule has 2 N–H and O–H groups in total. The predicted molar refractivity (Wildman–Crippen MR) is 50.2 cm³/mol. The van der Waals surface area contributed by atoms with Crippen molar-refractivity contribution in [1.29, 1.82) is 0 Å². The van der Waals surface area contributed by atoms with Crippen molar-refractivity contribution in [3.05, 3.63) is 48.6 Å². The molecule has 4 nitrogen and oxygen atoms in total. The fourth-order valence-electron chi connectivity index (χ4n) is 0.574. The van der Waals surface area contributed by atoms with Crippen LogP contribution in [0.1, 0.15) is 10.4 Å². The second-order valence-electron chi connectivity index (χ2n) is 2.26. The summed E-state index contributed by atoms with van der Waals surface area (Å²) in [6, 6.07) is 8.06. The molecule has 0 fully saturated rings. The Kier molecular flexibility index (Phi) is 10.3. The summed E-state index contributed by atoms with van der Waals surface area (Å²) in [5, 5.41) is 10.1. The van der Waals surface area contributed by atoms with Gasteiger partial charge in [0, 0.05) is 0 Å². The molecule has 0 saturated carbocycles. The van der Waals surface area contributed by atoms with E-state index < -0.39 is 11.9 Å². The molecule has 0 heterocycles. The van der Waals surface area contributed by atoms with E-state index in [1.165, 1.54) is 12.1 Å². The van der Waals surface area contributed by atoms with Crippen LogP contribution in [-0.2, 0) is 4.79 Å². The van der Waals surface area contributed by atoms with Crippen LogP contribution in [0.5, 0.6) is 0 Å². The SMILES string of the molecule is C=CC(N)=O.O=C([O-])c1ccccc1.[Na+]. The Bertz CT molecular complexity index is 325. The fourth-order valence-corrected chi connectivity index (χ4v) is 0.574. The Morgan fingerprint density at radius 3 is 1.87 bits per heavy atom. The van der Waals surface area contributed by atoms with Crippen LogP contribution in [0, 0.1) is 0 Å². The molecular formula is C10H10NNaO3. The van der Waals surface area contributed by atoms with Gasteiger partial charge in [-0.3, -0.25) is 4.79 Å². The monoisotopic (exact) mass is 215 g/mol. The number of carboxylic acids is 1. The molecular weight excluding hydrogens is 205 g/mol. The molecule has 0 atom stereocenters. The normalized spacial score (nSPS) is 7.47. The summed E-state index contributed by atoms with van der Waals surface area (Å²) in [5.74, 6) is -1.61. The molecule has 74 valence electrons. The number of hydrogen-bond acceptors (Lipinski definition) is 3. The van der Waals surface area contributed by atoms with E-state index in [2.05, 4.69) is 12.3 Å². The number of primary amides is 1. The summed E-state index contributed by atoms with van der Waals surface area (Å²) in [5.41, 5.74) is 4.75. The summed E-state index contributed by atoms with van der Waals surface area (Å²) in [6.07, 6.45) is 1.06. The number of carboxylic acid groups (broad SMARTS) is 1. The first-order valence-corrected chi connectivity index (χ1v) is 3.76. The van der Waals surface area contributed by atoms with Gasteiger partial charge >= 0.3 is 29.6 Å². The Labute approximate surface area is 110 Å². The molecule has 0 spiro atoms. The van der Waals surface area contributed by atoms with Crippen molar-refractivity contribution in [3.8, 4) is 0 Å². The number of nitrogens with two attached hydrogens (primary N) is 1. The number of amides is 1. The van der Waals surface area contributed by atoms with Crippen molar-refractivity contribution < 1.29 is 44.3 Å². The molecule has 5 heteroatoms. The Morgan fingerprint density at radius 2 is 1.67 bits per heavy atom. The van der Waals surface area contributed by atoms with E-state index in [1.807, 2.05) is 0 Å². The molecule has 0 radical (unpaired) electrons. The maximum atomic E-state index is 10.1. The van der Waals surface area contributed by atoms with E-state index in [0.29, 0.717) is 0 Å². The third-order valence-corrected chi connectivity index (χ3v) is 1.21. The molecule has 0 aromatic heterocycles. The Morgan fingerprint density at radius 1 is 1.27 bits per heavy atom. The van der Waals surface area contributed by atoms with Crippen LogP contribution in [0.2, 0.25) is 0 Å². The van der Waals surface area contributed by atoms with Crippen LogP contribution in [0.4, 0.5) is 0 Å². The van der Waals surface area contributed by atoms with Gasteiger partial charge in [-0.2, -0.15) is 0 Å². The van der Waals surface area contributed by atoms with Gasteiger partial charge in [-0.25, -0.2) is 0 Å². The average molecular weight is 215 g/mol. The molecule has 0 unspecified atom stereocenters. The van der Waals surface area contributed by atoms with Gasteiger partial charge < -0.3 is 15.6 Å². The van der Waals surface area contributed by atoms with Gasteiger partial charge in [0.1, 0.15) is 0 Å². The van der Waals surface area contributed by atoms with Gasteiger partial charge in [0.2, 0.25) is 5.91 Å². The van der Waals surface area contributed by atoms with Crippen LogP contribution >= 0.6 is 0 Å². The predicted octanol–water partition coefficient (Wildman–Crippen LogP) is -3.29. The summed E-state index contributed by atoms with van der Waals surface area (Å²) >= 11 is 0. The van der Waals surface area contributed by atoms with E-state index in [9.17, 15) is 14.7 Å². The fraction of sp³-hybridized carbons (Fsp3) is 0. The first-order valence-electron chi connectivity index (χ1n) is 3.76. The average Bonchev–Trinajstić information content (AvgIpc) is 2.20. The van der Waals surface area contributed by atoms with Crippen LogP contribution < -0.4 is 40.4 Å². The molecule has 0 aliphatic rings. The van der Waals surface area contributed by atoms with Crippen LogP contribution in [-0.4, -0.2) is 11.9 Å². The maximum Gasteiger partial charge on any atom is 1.00 e. The van der Waals surface area contributed by atoms with Gasteiger partial charge in [0.15, 0.2) is 0 Å².